The van der Waals surface area contributed by atoms with Crippen molar-refractivity contribution < 1.29 is 32.6 Å². The fourth-order valence-corrected chi connectivity index (χ4v) is 2.51. The molecule has 0 spiro atoms. The van der Waals surface area contributed by atoms with E-state index >= 15 is 0 Å². The third-order valence-corrected chi connectivity index (χ3v) is 3.82. The molecular formula is C19H18F3NO4. The lowest BCUT2D eigenvalue weighted by molar-refractivity contribution is -0.156. The number of hydrogen-bond donors (Lipinski definition) is 2. The van der Waals surface area contributed by atoms with Gasteiger partial charge < -0.3 is 15.2 Å². The van der Waals surface area contributed by atoms with Crippen LogP contribution in [-0.4, -0.2) is 29.8 Å². The highest BCUT2D eigenvalue weighted by Crippen LogP contribution is 2.37. The topological polar surface area (TPSA) is 75.6 Å². The second-order valence-electron chi connectivity index (χ2n) is 5.92. The quantitative estimate of drug-likeness (QED) is 0.756. The first kappa shape index (κ1) is 20.3. The number of benzene rings is 2. The number of ether oxygens (including phenoxy) is 1. The smallest absolute Gasteiger partial charge is 0.396 e. The summed E-state index contributed by atoms with van der Waals surface area (Å²) < 4.78 is 45.0. The van der Waals surface area contributed by atoms with Gasteiger partial charge >= 0.3 is 12.1 Å². The summed E-state index contributed by atoms with van der Waals surface area (Å²) in [5.41, 5.74) is 0.889. The van der Waals surface area contributed by atoms with E-state index in [4.69, 9.17) is 9.84 Å². The number of amides is 1. The van der Waals surface area contributed by atoms with Crippen molar-refractivity contribution in [3.8, 4) is 5.75 Å². The van der Waals surface area contributed by atoms with E-state index in [-0.39, 0.29) is 11.3 Å². The van der Waals surface area contributed by atoms with Crippen LogP contribution in [0.1, 0.15) is 23.5 Å². The molecule has 0 heterocycles. The Morgan fingerprint density at radius 1 is 1.15 bits per heavy atom. The van der Waals surface area contributed by atoms with E-state index in [9.17, 15) is 22.8 Å². The first-order valence-corrected chi connectivity index (χ1v) is 8.03. The monoisotopic (exact) mass is 381 g/mol. The molecule has 2 N–H and O–H groups in total. The average Bonchev–Trinajstić information content (AvgIpc) is 2.59. The Morgan fingerprint density at radius 3 is 2.37 bits per heavy atom. The molecule has 0 saturated heterocycles. The van der Waals surface area contributed by atoms with Crippen molar-refractivity contribution in [2.24, 2.45) is 0 Å². The van der Waals surface area contributed by atoms with Crippen molar-refractivity contribution in [3.63, 3.8) is 0 Å². The first-order valence-electron chi connectivity index (χ1n) is 8.03. The van der Waals surface area contributed by atoms with Crippen molar-refractivity contribution >= 4 is 17.6 Å². The van der Waals surface area contributed by atoms with Gasteiger partial charge in [0.15, 0.2) is 6.61 Å². The third-order valence-electron chi connectivity index (χ3n) is 3.82. The van der Waals surface area contributed by atoms with Gasteiger partial charge in [-0.05, 0) is 36.2 Å². The van der Waals surface area contributed by atoms with E-state index in [0.717, 1.165) is 0 Å². The molecule has 1 atom stereocenters. The number of carbonyl (C=O) groups excluding carboxylic acids is 1. The van der Waals surface area contributed by atoms with Gasteiger partial charge in [-0.3, -0.25) is 4.79 Å². The number of aryl methyl sites for hydroxylation is 1. The molecule has 0 aliphatic carbocycles. The number of carbonyl (C=O) groups is 2. The van der Waals surface area contributed by atoms with E-state index in [1.54, 1.807) is 13.0 Å². The Hall–Kier alpha value is -3.03. The molecule has 0 aliphatic rings. The predicted octanol–water partition coefficient (Wildman–Crippen LogP) is 4.13. The Bertz CT molecular complexity index is 806. The molecule has 0 radical (unpaired) electrons. The third kappa shape index (κ3) is 6.02. The number of carboxylic acid groups (broad SMARTS) is 1. The van der Waals surface area contributed by atoms with Crippen LogP contribution in [0.3, 0.4) is 0 Å². The molecule has 144 valence electrons. The lowest BCUT2D eigenvalue weighted by atomic mass is 9.94. The number of nitrogens with one attached hydrogen (secondary N) is 1. The zero-order valence-electron chi connectivity index (χ0n) is 14.4. The number of alkyl halides is 3. The molecule has 0 saturated carbocycles. The van der Waals surface area contributed by atoms with Gasteiger partial charge in [-0.1, -0.05) is 30.3 Å². The van der Waals surface area contributed by atoms with Crippen LogP contribution in [-0.2, 0) is 9.59 Å². The summed E-state index contributed by atoms with van der Waals surface area (Å²) in [7, 11) is 0. The van der Waals surface area contributed by atoms with Crippen LogP contribution in [0.2, 0.25) is 0 Å². The van der Waals surface area contributed by atoms with Gasteiger partial charge in [0.25, 0.3) is 0 Å². The summed E-state index contributed by atoms with van der Waals surface area (Å²) in [5.74, 6) is -3.53. The fraction of sp³-hybridized carbons (Fsp3) is 0.263. The van der Waals surface area contributed by atoms with Crippen LogP contribution in [0, 0.1) is 6.92 Å². The molecule has 0 bridgehead atoms. The van der Waals surface area contributed by atoms with Gasteiger partial charge in [-0.25, -0.2) is 4.79 Å². The first-order chi connectivity index (χ1) is 12.7. The zero-order chi connectivity index (χ0) is 20.0. The Balaban J connectivity index is 2.08. The maximum absolute atomic E-state index is 13.3. The van der Waals surface area contributed by atoms with Crippen LogP contribution in [0.15, 0.2) is 48.5 Å². The number of hydrogen-bond acceptors (Lipinski definition) is 3. The summed E-state index contributed by atoms with van der Waals surface area (Å²) in [6.45, 7) is 1.11. The van der Waals surface area contributed by atoms with Crippen molar-refractivity contribution in [2.45, 2.75) is 25.4 Å². The highest BCUT2D eigenvalue weighted by Gasteiger charge is 2.41. The number of carboxylic acids is 1. The fourth-order valence-electron chi connectivity index (χ4n) is 2.51. The van der Waals surface area contributed by atoms with E-state index in [2.05, 4.69) is 5.32 Å². The van der Waals surface area contributed by atoms with Gasteiger partial charge in [0, 0.05) is 12.1 Å². The molecule has 2 rings (SSSR count). The lowest BCUT2D eigenvalue weighted by Crippen LogP contribution is -2.26. The summed E-state index contributed by atoms with van der Waals surface area (Å²) >= 11 is 0. The summed E-state index contributed by atoms with van der Waals surface area (Å²) in [6, 6.07) is 11.7. The van der Waals surface area contributed by atoms with Crippen LogP contribution >= 0.6 is 0 Å². The number of halogens is 3. The largest absolute Gasteiger partial charge is 0.482 e. The second-order valence-corrected chi connectivity index (χ2v) is 5.92. The lowest BCUT2D eigenvalue weighted by Gasteiger charge is -2.20. The molecule has 0 aliphatic heterocycles. The molecule has 8 heteroatoms. The van der Waals surface area contributed by atoms with Crippen LogP contribution < -0.4 is 10.1 Å². The summed E-state index contributed by atoms with van der Waals surface area (Å²) in [5, 5.41) is 11.1. The minimum absolute atomic E-state index is 0.0225. The minimum Gasteiger partial charge on any atom is -0.482 e. The molecule has 2 aromatic rings. The molecule has 27 heavy (non-hydrogen) atoms. The van der Waals surface area contributed by atoms with Crippen LogP contribution in [0.4, 0.5) is 18.9 Å². The Morgan fingerprint density at radius 2 is 1.81 bits per heavy atom. The maximum atomic E-state index is 13.3. The van der Waals surface area contributed by atoms with E-state index in [1.807, 2.05) is 0 Å². The van der Waals surface area contributed by atoms with Crippen LogP contribution in [0.5, 0.6) is 5.75 Å². The second kappa shape index (κ2) is 8.57. The van der Waals surface area contributed by atoms with Crippen molar-refractivity contribution in [3.05, 3.63) is 59.7 Å². The number of anilines is 1. The molecule has 1 unspecified atom stereocenters. The van der Waals surface area contributed by atoms with Gasteiger partial charge in [0.1, 0.15) is 5.75 Å². The standard InChI is InChI=1S/C19H18F3NO4/c1-12-9-14(27-11-18(25)26)7-8-16(12)23-17(24)10-15(19(20,21)22)13-5-3-2-4-6-13/h2-9,15H,10-11H2,1H3,(H,23,24)(H,25,26). The van der Waals surface area contributed by atoms with Gasteiger partial charge in [-0.2, -0.15) is 13.2 Å². The SMILES string of the molecule is Cc1cc(OCC(=O)O)ccc1NC(=O)CC(c1ccccc1)C(F)(F)F. The van der Waals surface area contributed by atoms with Crippen molar-refractivity contribution in [1.29, 1.82) is 0 Å². The maximum Gasteiger partial charge on any atom is 0.396 e. The normalized spacial score (nSPS) is 12.3. The Labute approximate surface area is 153 Å². The van der Waals surface area contributed by atoms with Gasteiger partial charge in [0.05, 0.1) is 5.92 Å². The average molecular weight is 381 g/mol. The predicted molar refractivity (Wildman–Crippen MR) is 92.8 cm³/mol. The van der Waals surface area contributed by atoms with Gasteiger partial charge in [-0.15, -0.1) is 0 Å². The van der Waals surface area contributed by atoms with E-state index in [0.29, 0.717) is 11.3 Å². The molecule has 2 aromatic carbocycles. The minimum atomic E-state index is -4.55. The Kier molecular flexibility index (Phi) is 6.44. The zero-order valence-corrected chi connectivity index (χ0v) is 14.4. The molecule has 5 nitrogen and oxygen atoms in total. The molecule has 0 fully saturated rings. The number of aliphatic carboxylic acids is 1. The molecular weight excluding hydrogens is 363 g/mol. The van der Waals surface area contributed by atoms with Crippen molar-refractivity contribution in [2.75, 3.05) is 11.9 Å². The van der Waals surface area contributed by atoms with E-state index in [1.165, 1.54) is 42.5 Å². The van der Waals surface area contributed by atoms with Crippen LogP contribution in [0.25, 0.3) is 0 Å². The highest BCUT2D eigenvalue weighted by molar-refractivity contribution is 5.92. The molecule has 1 amide bonds. The van der Waals surface area contributed by atoms with Gasteiger partial charge in [0.2, 0.25) is 5.91 Å². The number of rotatable bonds is 7. The van der Waals surface area contributed by atoms with Crippen molar-refractivity contribution in [1.82, 2.24) is 0 Å². The molecule has 0 aromatic heterocycles. The van der Waals surface area contributed by atoms with E-state index < -0.39 is 37.0 Å². The highest BCUT2D eigenvalue weighted by atomic mass is 19.4. The summed E-state index contributed by atoms with van der Waals surface area (Å²) in [4.78, 5) is 22.7. The summed E-state index contributed by atoms with van der Waals surface area (Å²) in [6.07, 6.45) is -5.30.